The largest absolute Gasteiger partial charge is 0.456 e. The summed E-state index contributed by atoms with van der Waals surface area (Å²) >= 11 is 0. The van der Waals surface area contributed by atoms with E-state index in [0.717, 1.165) is 55.4 Å². The average molecular weight is 829 g/mol. The normalized spacial score (nSPS) is 13.3. The first-order valence-corrected chi connectivity index (χ1v) is 22.1. The van der Waals surface area contributed by atoms with Crippen LogP contribution in [0.25, 0.3) is 88.5 Å². The van der Waals surface area contributed by atoms with Crippen LogP contribution in [-0.2, 0) is 5.41 Å². The zero-order valence-electron chi connectivity index (χ0n) is 35.0. The molecule has 2 aliphatic rings. The molecule has 2 aromatic heterocycles. The number of benzene rings is 10. The summed E-state index contributed by atoms with van der Waals surface area (Å²) in [6.45, 7) is 0. The first kappa shape index (κ1) is 35.9. The third kappa shape index (κ3) is 5.06. The van der Waals surface area contributed by atoms with Crippen LogP contribution >= 0.6 is 0 Å². The monoisotopic (exact) mass is 828 g/mol. The van der Waals surface area contributed by atoms with Crippen molar-refractivity contribution in [2.45, 2.75) is 5.41 Å². The molecule has 5 heteroatoms. The molecule has 0 unspecified atom stereocenters. The van der Waals surface area contributed by atoms with Crippen molar-refractivity contribution in [2.24, 2.45) is 0 Å². The van der Waals surface area contributed by atoms with Gasteiger partial charge in [-0.3, -0.25) is 4.90 Å². The number of hydrogen-bond donors (Lipinski definition) is 0. The van der Waals surface area contributed by atoms with E-state index >= 15 is 0 Å². The van der Waals surface area contributed by atoms with E-state index in [1.54, 1.807) is 0 Å². The van der Waals surface area contributed by atoms with Crippen molar-refractivity contribution in [3.8, 4) is 45.0 Å². The molecule has 0 atom stereocenters. The SMILES string of the molecule is c1ccc(-c2nc(-c3ccc4oc5cc(-c6cccc7ccccc67)c6ccccc6c5c4c3)nc(N3c4ccccc4C4(c5ccccc5-c5ccccc54)c4ccccc43)n2)cc1. The highest BCUT2D eigenvalue weighted by atomic mass is 16.3. The molecule has 1 aliphatic heterocycles. The predicted octanol–water partition coefficient (Wildman–Crippen LogP) is 15.2. The second kappa shape index (κ2) is 13.7. The van der Waals surface area contributed by atoms with Gasteiger partial charge in [-0.15, -0.1) is 0 Å². The van der Waals surface area contributed by atoms with Gasteiger partial charge in [-0.1, -0.05) is 182 Å². The summed E-state index contributed by atoms with van der Waals surface area (Å²) in [4.78, 5) is 18.3. The van der Waals surface area contributed by atoms with E-state index in [0.29, 0.717) is 17.6 Å². The summed E-state index contributed by atoms with van der Waals surface area (Å²) in [5.74, 6) is 1.72. The lowest BCUT2D eigenvalue weighted by molar-refractivity contribution is 0.669. The minimum absolute atomic E-state index is 0.543. The average Bonchev–Trinajstić information content (AvgIpc) is 3.90. The van der Waals surface area contributed by atoms with E-state index in [-0.39, 0.29) is 0 Å². The highest BCUT2D eigenvalue weighted by molar-refractivity contribution is 6.23. The fourth-order valence-electron chi connectivity index (χ4n) is 11.1. The topological polar surface area (TPSA) is 55.1 Å². The first-order valence-electron chi connectivity index (χ1n) is 22.1. The Bertz CT molecular complexity index is 3830. The van der Waals surface area contributed by atoms with Crippen LogP contribution < -0.4 is 4.90 Å². The summed E-state index contributed by atoms with van der Waals surface area (Å²) in [6, 6.07) is 77.8. The molecule has 1 aliphatic carbocycles. The van der Waals surface area contributed by atoms with E-state index in [9.17, 15) is 0 Å². The fraction of sp³-hybridized carbons (Fsp3) is 0.0167. The van der Waals surface area contributed by atoms with Gasteiger partial charge in [0, 0.05) is 21.9 Å². The lowest BCUT2D eigenvalue weighted by Gasteiger charge is -2.44. The number of hydrogen-bond acceptors (Lipinski definition) is 5. The van der Waals surface area contributed by atoms with Crippen LogP contribution in [0.4, 0.5) is 17.3 Å². The van der Waals surface area contributed by atoms with Gasteiger partial charge in [-0.2, -0.15) is 9.97 Å². The Hall–Kier alpha value is -8.67. The van der Waals surface area contributed by atoms with Crippen LogP contribution in [0.1, 0.15) is 22.3 Å². The molecular formula is C60H36N4O. The van der Waals surface area contributed by atoms with E-state index in [2.05, 4.69) is 205 Å². The standard InChI is InChI=1S/C60H36N4O/c1-2-18-38(19-3-1)57-61-58(39-33-34-54-47(35-39)56-45-25-7-6-22-42(45)46(36-55(56)65-54)41-26-16-20-37-17-4-5-21-40(37)41)63-59(62-57)64-52-31-14-12-29-50(52)60(51-30-13-15-32-53(51)64)48-27-10-8-23-43(48)44-24-9-11-28-49(44)60/h1-36H. The molecule has 65 heavy (non-hydrogen) atoms. The molecule has 14 rings (SSSR count). The summed E-state index contributed by atoms with van der Waals surface area (Å²) in [6.07, 6.45) is 0. The second-order valence-electron chi connectivity index (χ2n) is 17.0. The van der Waals surface area contributed by atoms with Crippen LogP contribution in [0.15, 0.2) is 223 Å². The van der Waals surface area contributed by atoms with Gasteiger partial charge in [0.15, 0.2) is 11.6 Å². The van der Waals surface area contributed by atoms with Crippen molar-refractivity contribution in [3.05, 3.63) is 241 Å². The Morgan fingerprint density at radius 3 is 1.63 bits per heavy atom. The summed E-state index contributed by atoms with van der Waals surface area (Å²) < 4.78 is 6.75. The van der Waals surface area contributed by atoms with Crippen molar-refractivity contribution in [1.82, 2.24) is 15.0 Å². The number of fused-ring (bicyclic) bond motifs is 15. The maximum atomic E-state index is 6.75. The van der Waals surface area contributed by atoms with Crippen molar-refractivity contribution >= 4 is 60.8 Å². The maximum absolute atomic E-state index is 6.75. The Labute approximate surface area is 374 Å². The molecule has 3 heterocycles. The fourth-order valence-corrected chi connectivity index (χ4v) is 11.1. The van der Waals surface area contributed by atoms with Gasteiger partial charge in [-0.25, -0.2) is 4.98 Å². The molecule has 12 aromatic rings. The van der Waals surface area contributed by atoms with Gasteiger partial charge < -0.3 is 4.42 Å². The molecule has 0 amide bonds. The maximum Gasteiger partial charge on any atom is 0.238 e. The van der Waals surface area contributed by atoms with Crippen molar-refractivity contribution in [1.29, 1.82) is 0 Å². The van der Waals surface area contributed by atoms with Gasteiger partial charge >= 0.3 is 0 Å². The quantitative estimate of drug-likeness (QED) is 0.177. The lowest BCUT2D eigenvalue weighted by Crippen LogP contribution is -2.36. The molecular weight excluding hydrogens is 793 g/mol. The van der Waals surface area contributed by atoms with Crippen LogP contribution in [0.2, 0.25) is 0 Å². The van der Waals surface area contributed by atoms with Crippen molar-refractivity contribution in [3.63, 3.8) is 0 Å². The molecule has 5 nitrogen and oxygen atoms in total. The number of nitrogens with zero attached hydrogens (tertiary/aromatic N) is 4. The number of rotatable bonds is 4. The molecule has 10 aromatic carbocycles. The molecule has 1 spiro atoms. The van der Waals surface area contributed by atoms with Crippen LogP contribution in [-0.4, -0.2) is 15.0 Å². The van der Waals surface area contributed by atoms with Crippen molar-refractivity contribution in [2.75, 3.05) is 4.90 Å². The zero-order chi connectivity index (χ0) is 42.6. The summed E-state index contributed by atoms with van der Waals surface area (Å²) in [5, 5.41) is 6.81. The van der Waals surface area contributed by atoms with E-state index in [4.69, 9.17) is 19.4 Å². The third-order valence-electron chi connectivity index (χ3n) is 13.7. The van der Waals surface area contributed by atoms with Crippen molar-refractivity contribution < 1.29 is 4.42 Å². The molecule has 0 saturated heterocycles. The first-order chi connectivity index (χ1) is 32.2. The van der Waals surface area contributed by atoms with E-state index in [1.165, 1.54) is 55.1 Å². The van der Waals surface area contributed by atoms with E-state index < -0.39 is 5.41 Å². The Balaban J connectivity index is 0.993. The predicted molar refractivity (Wildman–Crippen MR) is 264 cm³/mol. The molecule has 0 fully saturated rings. The van der Waals surface area contributed by atoms with Gasteiger partial charge in [0.25, 0.3) is 0 Å². The number of aromatic nitrogens is 3. The minimum atomic E-state index is -0.543. The van der Waals surface area contributed by atoms with Gasteiger partial charge in [0.05, 0.1) is 16.8 Å². The summed E-state index contributed by atoms with van der Waals surface area (Å²) in [5.41, 5.74) is 14.7. The minimum Gasteiger partial charge on any atom is -0.456 e. The molecule has 0 saturated carbocycles. The number of para-hydroxylation sites is 2. The Morgan fingerprint density at radius 2 is 0.908 bits per heavy atom. The highest BCUT2D eigenvalue weighted by Gasteiger charge is 2.51. The Kier molecular flexibility index (Phi) is 7.54. The molecule has 0 N–H and O–H groups in total. The smallest absolute Gasteiger partial charge is 0.238 e. The van der Waals surface area contributed by atoms with Crippen LogP contribution in [0.3, 0.4) is 0 Å². The lowest BCUT2D eigenvalue weighted by atomic mass is 9.65. The summed E-state index contributed by atoms with van der Waals surface area (Å²) in [7, 11) is 0. The highest BCUT2D eigenvalue weighted by Crippen LogP contribution is 2.63. The van der Waals surface area contributed by atoms with Gasteiger partial charge in [0.1, 0.15) is 11.2 Å². The van der Waals surface area contributed by atoms with E-state index in [1.807, 2.05) is 18.2 Å². The third-order valence-corrected chi connectivity index (χ3v) is 13.7. The Morgan fingerprint density at radius 1 is 0.354 bits per heavy atom. The zero-order valence-corrected chi connectivity index (χ0v) is 35.0. The van der Waals surface area contributed by atoms with Gasteiger partial charge in [0.2, 0.25) is 5.95 Å². The van der Waals surface area contributed by atoms with Crippen LogP contribution in [0, 0.1) is 0 Å². The second-order valence-corrected chi connectivity index (χ2v) is 17.0. The number of furan rings is 1. The number of anilines is 3. The molecule has 0 radical (unpaired) electrons. The molecule has 302 valence electrons. The van der Waals surface area contributed by atoms with Crippen LogP contribution in [0.5, 0.6) is 0 Å². The van der Waals surface area contributed by atoms with Gasteiger partial charge in [-0.05, 0) is 102 Å². The molecule has 0 bridgehead atoms.